The van der Waals surface area contributed by atoms with Gasteiger partial charge in [0, 0.05) is 50.4 Å². The number of likely N-dealkylation sites (tertiary alicyclic amines) is 1. The number of thiophene rings is 1. The van der Waals surface area contributed by atoms with Crippen LogP contribution in [0, 0.1) is 11.3 Å². The van der Waals surface area contributed by atoms with E-state index in [-0.39, 0.29) is 29.1 Å². The van der Waals surface area contributed by atoms with E-state index in [1.807, 2.05) is 0 Å². The van der Waals surface area contributed by atoms with E-state index in [2.05, 4.69) is 19.8 Å². The maximum absolute atomic E-state index is 13.7. The minimum atomic E-state index is -4.24. The summed E-state index contributed by atoms with van der Waals surface area (Å²) in [7, 11) is 0. The predicted octanol–water partition coefficient (Wildman–Crippen LogP) is 5.52. The Bertz CT molecular complexity index is 959. The van der Waals surface area contributed by atoms with Crippen molar-refractivity contribution in [1.82, 2.24) is 14.9 Å². The lowest BCUT2D eigenvalue weighted by Gasteiger charge is -2.55. The van der Waals surface area contributed by atoms with Gasteiger partial charge in [-0.1, -0.05) is 0 Å². The highest BCUT2D eigenvalue weighted by Gasteiger charge is 2.46. The average Bonchev–Trinajstić information content (AvgIpc) is 3.07. The molecule has 3 fully saturated rings. The van der Waals surface area contributed by atoms with E-state index in [9.17, 15) is 22.0 Å². The Morgan fingerprint density at radius 2 is 1.84 bits per heavy atom. The van der Waals surface area contributed by atoms with Gasteiger partial charge in [-0.2, -0.15) is 13.2 Å². The van der Waals surface area contributed by atoms with Gasteiger partial charge >= 0.3 is 6.18 Å². The molecule has 1 atom stereocenters. The molecule has 176 valence electrons. The highest BCUT2D eigenvalue weighted by molar-refractivity contribution is 7.18. The van der Waals surface area contributed by atoms with Crippen molar-refractivity contribution >= 4 is 27.4 Å². The SMILES string of the molecule is FC(F)(F)Cc1cc2c(N3CCC4(CC3)CN(CC3CCCC(F)(F)C3)C4)ncnc2s1. The zero-order valence-corrected chi connectivity index (χ0v) is 18.6. The second kappa shape index (κ2) is 8.04. The second-order valence-corrected chi connectivity index (χ2v) is 11.0. The van der Waals surface area contributed by atoms with Gasteiger partial charge in [-0.15, -0.1) is 11.3 Å². The summed E-state index contributed by atoms with van der Waals surface area (Å²) in [6, 6.07) is 1.58. The van der Waals surface area contributed by atoms with E-state index in [1.54, 1.807) is 6.07 Å². The fraction of sp³-hybridized carbons (Fsp3) is 0.727. The van der Waals surface area contributed by atoms with E-state index < -0.39 is 18.5 Å². The molecule has 0 amide bonds. The van der Waals surface area contributed by atoms with Gasteiger partial charge in [-0.3, -0.25) is 0 Å². The molecular formula is C22H27F5N4S. The van der Waals surface area contributed by atoms with Crippen LogP contribution < -0.4 is 4.90 Å². The van der Waals surface area contributed by atoms with Gasteiger partial charge in [0.1, 0.15) is 17.0 Å². The smallest absolute Gasteiger partial charge is 0.356 e. The third-order valence-electron chi connectivity index (χ3n) is 7.23. The lowest BCUT2D eigenvalue weighted by Crippen LogP contribution is -2.61. The number of nitrogens with zero attached hydrogens (tertiary/aromatic N) is 4. The zero-order chi connectivity index (χ0) is 22.6. The van der Waals surface area contributed by atoms with Crippen molar-refractivity contribution in [3.05, 3.63) is 17.3 Å². The third-order valence-corrected chi connectivity index (χ3v) is 8.28. The Balaban J connectivity index is 1.18. The number of hydrogen-bond donors (Lipinski definition) is 0. The highest BCUT2D eigenvalue weighted by atomic mass is 32.1. The molecule has 5 rings (SSSR count). The summed E-state index contributed by atoms with van der Waals surface area (Å²) >= 11 is 1.08. The van der Waals surface area contributed by atoms with Crippen LogP contribution in [0.25, 0.3) is 10.2 Å². The monoisotopic (exact) mass is 474 g/mol. The van der Waals surface area contributed by atoms with Crippen LogP contribution in [0.4, 0.5) is 27.8 Å². The minimum Gasteiger partial charge on any atom is -0.356 e. The molecule has 0 radical (unpaired) electrons. The van der Waals surface area contributed by atoms with Crippen LogP contribution in [0.15, 0.2) is 12.4 Å². The minimum absolute atomic E-state index is 0.0188. The van der Waals surface area contributed by atoms with Crippen LogP contribution in [-0.2, 0) is 6.42 Å². The number of fused-ring (bicyclic) bond motifs is 1. The molecule has 0 aromatic carbocycles. The number of piperidine rings is 1. The maximum atomic E-state index is 13.7. The third kappa shape index (κ3) is 4.71. The molecule has 0 N–H and O–H groups in total. The Morgan fingerprint density at radius 3 is 2.53 bits per heavy atom. The van der Waals surface area contributed by atoms with Gasteiger partial charge in [0.15, 0.2) is 0 Å². The summed E-state index contributed by atoms with van der Waals surface area (Å²) in [6.07, 6.45) is -0.229. The fourth-order valence-corrected chi connectivity index (χ4v) is 6.79. The first kappa shape index (κ1) is 22.3. The van der Waals surface area contributed by atoms with Crippen LogP contribution in [-0.4, -0.2) is 59.7 Å². The molecule has 1 aliphatic carbocycles. The quantitative estimate of drug-likeness (QED) is 0.546. The van der Waals surface area contributed by atoms with E-state index in [4.69, 9.17) is 0 Å². The van der Waals surface area contributed by atoms with Crippen molar-refractivity contribution in [1.29, 1.82) is 0 Å². The number of aromatic nitrogens is 2. The topological polar surface area (TPSA) is 32.3 Å². The summed E-state index contributed by atoms with van der Waals surface area (Å²) < 4.78 is 65.7. The van der Waals surface area contributed by atoms with Gasteiger partial charge < -0.3 is 9.80 Å². The second-order valence-electron chi connectivity index (χ2n) is 9.90. The van der Waals surface area contributed by atoms with Crippen molar-refractivity contribution in [3.63, 3.8) is 0 Å². The van der Waals surface area contributed by atoms with E-state index in [0.717, 1.165) is 69.1 Å². The number of rotatable bonds is 4. The molecular weight excluding hydrogens is 447 g/mol. The Hall–Kier alpha value is -1.55. The molecule has 32 heavy (non-hydrogen) atoms. The van der Waals surface area contributed by atoms with Crippen LogP contribution >= 0.6 is 11.3 Å². The van der Waals surface area contributed by atoms with Crippen molar-refractivity contribution < 1.29 is 22.0 Å². The van der Waals surface area contributed by atoms with E-state index in [0.29, 0.717) is 16.6 Å². The first-order chi connectivity index (χ1) is 15.1. The molecule has 3 aliphatic rings. The van der Waals surface area contributed by atoms with E-state index in [1.165, 1.54) is 6.33 Å². The first-order valence-corrected chi connectivity index (χ1v) is 12.1. The molecule has 1 spiro atoms. The van der Waals surface area contributed by atoms with Crippen molar-refractivity contribution in [2.75, 3.05) is 37.6 Å². The van der Waals surface area contributed by atoms with Crippen molar-refractivity contribution in [3.8, 4) is 0 Å². The number of anilines is 1. The van der Waals surface area contributed by atoms with Gasteiger partial charge in [0.2, 0.25) is 5.92 Å². The molecule has 1 saturated carbocycles. The number of alkyl halides is 5. The van der Waals surface area contributed by atoms with Crippen LogP contribution in [0.2, 0.25) is 0 Å². The lowest BCUT2D eigenvalue weighted by atomic mass is 9.71. The van der Waals surface area contributed by atoms with Crippen molar-refractivity contribution in [2.24, 2.45) is 11.3 Å². The van der Waals surface area contributed by atoms with Gasteiger partial charge in [0.05, 0.1) is 11.8 Å². The molecule has 0 bridgehead atoms. The fourth-order valence-electron chi connectivity index (χ4n) is 5.77. The molecule has 2 aliphatic heterocycles. The predicted molar refractivity (Wildman–Crippen MR) is 114 cm³/mol. The highest BCUT2D eigenvalue weighted by Crippen LogP contribution is 2.44. The largest absolute Gasteiger partial charge is 0.393 e. The summed E-state index contributed by atoms with van der Waals surface area (Å²) in [5.74, 6) is -1.69. The first-order valence-electron chi connectivity index (χ1n) is 11.3. The molecule has 4 nitrogen and oxygen atoms in total. The van der Waals surface area contributed by atoms with Crippen LogP contribution in [0.1, 0.15) is 43.4 Å². The summed E-state index contributed by atoms with van der Waals surface area (Å²) in [4.78, 5) is 13.9. The lowest BCUT2D eigenvalue weighted by molar-refractivity contribution is -0.126. The molecule has 2 aromatic rings. The van der Waals surface area contributed by atoms with Crippen LogP contribution in [0.3, 0.4) is 0 Å². The summed E-state index contributed by atoms with van der Waals surface area (Å²) in [6.45, 7) is 4.27. The average molecular weight is 475 g/mol. The Morgan fingerprint density at radius 1 is 1.09 bits per heavy atom. The van der Waals surface area contributed by atoms with Gasteiger partial charge in [0.25, 0.3) is 0 Å². The summed E-state index contributed by atoms with van der Waals surface area (Å²) in [5.41, 5.74) is 0.232. The zero-order valence-electron chi connectivity index (χ0n) is 17.8. The molecule has 1 unspecified atom stereocenters. The normalized spacial score (nSPS) is 25.9. The molecule has 10 heteroatoms. The maximum Gasteiger partial charge on any atom is 0.393 e. The van der Waals surface area contributed by atoms with Crippen molar-refractivity contribution in [2.45, 2.75) is 57.0 Å². The Kier molecular flexibility index (Phi) is 5.59. The van der Waals surface area contributed by atoms with E-state index >= 15 is 0 Å². The Labute approximate surface area is 187 Å². The van der Waals surface area contributed by atoms with Gasteiger partial charge in [-0.05, 0) is 43.1 Å². The van der Waals surface area contributed by atoms with Crippen LogP contribution in [0.5, 0.6) is 0 Å². The number of hydrogen-bond acceptors (Lipinski definition) is 5. The summed E-state index contributed by atoms with van der Waals surface area (Å²) in [5, 5.41) is 0.696. The molecule has 4 heterocycles. The standard InChI is InChI=1S/C22H27F5N4S/c23-21(24)3-1-2-15(9-21)11-30-12-20(13-30)4-6-31(7-5-20)18-17-8-16(10-22(25,26)27)32-19(17)29-14-28-18/h8,14-15H,1-7,9-13H2. The van der Waals surface area contributed by atoms with Gasteiger partial charge in [-0.25, -0.2) is 18.7 Å². The molecule has 2 saturated heterocycles. The molecule has 2 aromatic heterocycles. The number of halogens is 5.